The van der Waals surface area contributed by atoms with E-state index in [2.05, 4.69) is 97.2 Å². The Morgan fingerprint density at radius 2 is 1.35 bits per heavy atom. The molecular weight excluding hydrogens is 278 g/mol. The molecule has 1 saturated carbocycles. The lowest BCUT2D eigenvalue weighted by molar-refractivity contribution is 1.05. The van der Waals surface area contributed by atoms with Gasteiger partial charge in [-0.05, 0) is 42.8 Å². The number of hydrogen-bond donors (Lipinski definition) is 1. The SMILES string of the molecule is Cc1ccc(NC2[C+](c3ccccc3)C2c2ccccc2)cc1. The van der Waals surface area contributed by atoms with E-state index in [0.717, 1.165) is 0 Å². The van der Waals surface area contributed by atoms with Crippen LogP contribution in [0.2, 0.25) is 0 Å². The molecule has 1 N–H and O–H groups in total. The molecule has 4 rings (SSSR count). The van der Waals surface area contributed by atoms with Gasteiger partial charge in [-0.3, -0.25) is 0 Å². The van der Waals surface area contributed by atoms with Crippen LogP contribution in [0.1, 0.15) is 22.6 Å². The van der Waals surface area contributed by atoms with Crippen LogP contribution >= 0.6 is 0 Å². The highest BCUT2D eigenvalue weighted by Gasteiger charge is 2.58. The Kier molecular flexibility index (Phi) is 3.55. The molecule has 0 radical (unpaired) electrons. The van der Waals surface area contributed by atoms with Crippen LogP contribution in [0.15, 0.2) is 84.9 Å². The number of rotatable bonds is 4. The van der Waals surface area contributed by atoms with Crippen LogP contribution in [0.5, 0.6) is 0 Å². The van der Waals surface area contributed by atoms with Crippen LogP contribution in [-0.4, -0.2) is 6.04 Å². The van der Waals surface area contributed by atoms with Gasteiger partial charge in [0.1, 0.15) is 11.6 Å². The van der Waals surface area contributed by atoms with E-state index in [9.17, 15) is 0 Å². The molecule has 112 valence electrons. The topological polar surface area (TPSA) is 12.0 Å². The molecule has 0 aromatic heterocycles. The van der Waals surface area contributed by atoms with Crippen LogP contribution < -0.4 is 5.32 Å². The highest BCUT2D eigenvalue weighted by molar-refractivity contribution is 5.62. The van der Waals surface area contributed by atoms with Gasteiger partial charge in [-0.15, -0.1) is 0 Å². The molecule has 23 heavy (non-hydrogen) atoms. The van der Waals surface area contributed by atoms with Gasteiger partial charge in [0.2, 0.25) is 0 Å². The fourth-order valence-electron chi connectivity index (χ4n) is 3.28. The van der Waals surface area contributed by atoms with Gasteiger partial charge in [-0.25, -0.2) is 0 Å². The van der Waals surface area contributed by atoms with Crippen molar-refractivity contribution in [1.82, 2.24) is 0 Å². The van der Waals surface area contributed by atoms with Crippen molar-refractivity contribution < 1.29 is 0 Å². The molecular formula is C22H20N+. The van der Waals surface area contributed by atoms with E-state index in [0.29, 0.717) is 12.0 Å². The molecule has 1 nitrogen and oxygen atoms in total. The van der Waals surface area contributed by atoms with Crippen molar-refractivity contribution in [3.63, 3.8) is 0 Å². The van der Waals surface area contributed by atoms with Gasteiger partial charge in [0.05, 0.1) is 11.8 Å². The zero-order valence-corrected chi connectivity index (χ0v) is 13.2. The van der Waals surface area contributed by atoms with E-state index in [1.54, 1.807) is 0 Å². The normalized spacial score (nSPS) is 19.4. The van der Waals surface area contributed by atoms with Gasteiger partial charge in [0.25, 0.3) is 0 Å². The first-order chi connectivity index (χ1) is 11.3. The number of hydrogen-bond acceptors (Lipinski definition) is 1. The standard InChI is InChI=1S/C22H20N/c1-16-12-14-19(15-13-16)23-22-20(17-8-4-2-5-9-17)21(22)18-10-6-3-7-11-18/h2-15,20,22-23H,1H3/q+1. The largest absolute Gasteiger partial charge is 0.366 e. The Hall–Kier alpha value is -2.67. The quantitative estimate of drug-likeness (QED) is 0.653. The summed E-state index contributed by atoms with van der Waals surface area (Å²) >= 11 is 0. The Balaban J connectivity index is 1.62. The van der Waals surface area contributed by atoms with Crippen molar-refractivity contribution in [2.24, 2.45) is 0 Å². The van der Waals surface area contributed by atoms with Crippen molar-refractivity contribution >= 4 is 5.69 Å². The lowest BCUT2D eigenvalue weighted by Crippen LogP contribution is -2.05. The second kappa shape index (κ2) is 5.85. The summed E-state index contributed by atoms with van der Waals surface area (Å²) in [7, 11) is 0. The fourth-order valence-corrected chi connectivity index (χ4v) is 3.28. The third kappa shape index (κ3) is 2.83. The van der Waals surface area contributed by atoms with Crippen LogP contribution in [0.25, 0.3) is 0 Å². The zero-order chi connectivity index (χ0) is 15.6. The predicted octanol–water partition coefficient (Wildman–Crippen LogP) is 5.20. The molecule has 2 atom stereocenters. The van der Waals surface area contributed by atoms with Gasteiger partial charge >= 0.3 is 0 Å². The molecule has 2 unspecified atom stereocenters. The van der Waals surface area contributed by atoms with Crippen molar-refractivity contribution in [2.45, 2.75) is 18.9 Å². The molecule has 0 saturated heterocycles. The maximum Gasteiger partial charge on any atom is 0.135 e. The van der Waals surface area contributed by atoms with Gasteiger partial charge in [0, 0.05) is 17.8 Å². The van der Waals surface area contributed by atoms with Crippen LogP contribution in [0.4, 0.5) is 5.69 Å². The van der Waals surface area contributed by atoms with Crippen molar-refractivity contribution in [2.75, 3.05) is 5.32 Å². The fraction of sp³-hybridized carbons (Fsp3) is 0.136. The summed E-state index contributed by atoms with van der Waals surface area (Å²) in [6.07, 6.45) is 0. The third-order valence-electron chi connectivity index (χ3n) is 4.53. The summed E-state index contributed by atoms with van der Waals surface area (Å²) in [6, 6.07) is 30.5. The zero-order valence-electron chi connectivity index (χ0n) is 13.2. The molecule has 3 aromatic carbocycles. The highest BCUT2D eigenvalue weighted by Crippen LogP contribution is 2.55. The smallest absolute Gasteiger partial charge is 0.135 e. The Morgan fingerprint density at radius 1 is 0.739 bits per heavy atom. The first-order valence-corrected chi connectivity index (χ1v) is 8.13. The molecule has 1 heteroatoms. The van der Waals surface area contributed by atoms with Gasteiger partial charge in [-0.1, -0.05) is 48.0 Å². The average molecular weight is 298 g/mol. The van der Waals surface area contributed by atoms with Gasteiger partial charge < -0.3 is 5.32 Å². The maximum atomic E-state index is 3.70. The van der Waals surface area contributed by atoms with Crippen molar-refractivity contribution in [3.8, 4) is 0 Å². The number of anilines is 1. The Labute approximate surface area is 138 Å². The van der Waals surface area contributed by atoms with Gasteiger partial charge in [-0.2, -0.15) is 0 Å². The Morgan fingerprint density at radius 3 is 2.00 bits per heavy atom. The first kappa shape index (κ1) is 14.0. The van der Waals surface area contributed by atoms with E-state index in [4.69, 9.17) is 0 Å². The van der Waals surface area contributed by atoms with Crippen molar-refractivity contribution in [1.29, 1.82) is 0 Å². The van der Waals surface area contributed by atoms with E-state index >= 15 is 0 Å². The lowest BCUT2D eigenvalue weighted by Gasteiger charge is -2.04. The van der Waals surface area contributed by atoms with E-state index in [1.807, 2.05) is 0 Å². The number of nitrogens with one attached hydrogen (secondary N) is 1. The number of aryl methyl sites for hydroxylation is 1. The molecule has 0 amide bonds. The molecule has 0 heterocycles. The monoisotopic (exact) mass is 298 g/mol. The first-order valence-electron chi connectivity index (χ1n) is 8.13. The van der Waals surface area contributed by atoms with E-state index < -0.39 is 0 Å². The molecule has 0 aliphatic heterocycles. The highest BCUT2D eigenvalue weighted by atomic mass is 15.0. The minimum Gasteiger partial charge on any atom is -0.366 e. The second-order valence-electron chi connectivity index (χ2n) is 6.20. The van der Waals surface area contributed by atoms with Gasteiger partial charge in [0.15, 0.2) is 0 Å². The van der Waals surface area contributed by atoms with E-state index in [-0.39, 0.29) is 0 Å². The van der Waals surface area contributed by atoms with Crippen molar-refractivity contribution in [3.05, 3.63) is 108 Å². The van der Waals surface area contributed by atoms with Crippen LogP contribution in [0.3, 0.4) is 0 Å². The summed E-state index contributed by atoms with van der Waals surface area (Å²) in [5.41, 5.74) is 5.20. The Bertz CT molecular complexity index is 717. The minimum atomic E-state index is 0.377. The van der Waals surface area contributed by atoms with E-state index in [1.165, 1.54) is 28.3 Å². The summed E-state index contributed by atoms with van der Waals surface area (Å²) in [5, 5.41) is 3.70. The summed E-state index contributed by atoms with van der Waals surface area (Å²) in [4.78, 5) is 0. The number of benzene rings is 3. The average Bonchev–Trinajstić information content (AvgIpc) is 3.32. The summed E-state index contributed by atoms with van der Waals surface area (Å²) in [5.74, 6) is 1.94. The molecule has 1 fully saturated rings. The maximum absolute atomic E-state index is 3.70. The molecule has 3 aromatic rings. The second-order valence-corrected chi connectivity index (χ2v) is 6.20. The summed E-state index contributed by atoms with van der Waals surface area (Å²) < 4.78 is 0. The van der Waals surface area contributed by atoms with Crippen LogP contribution in [0, 0.1) is 12.8 Å². The molecule has 1 aliphatic carbocycles. The molecule has 0 spiro atoms. The minimum absolute atomic E-state index is 0.377. The predicted molar refractivity (Wildman–Crippen MR) is 96.6 cm³/mol. The van der Waals surface area contributed by atoms with Crippen LogP contribution in [-0.2, 0) is 0 Å². The third-order valence-corrected chi connectivity index (χ3v) is 4.53. The summed E-state index contributed by atoms with van der Waals surface area (Å²) in [6.45, 7) is 2.12. The molecule has 0 bridgehead atoms. The molecule has 1 aliphatic rings. The lowest BCUT2D eigenvalue weighted by atomic mass is 10.0.